The molecule has 3 heterocycles. The number of fused-ring (bicyclic) bond motifs is 1. The molecule has 1 amide bonds. The van der Waals surface area contributed by atoms with Crippen molar-refractivity contribution < 1.29 is 9.53 Å². The van der Waals surface area contributed by atoms with E-state index in [4.69, 9.17) is 4.74 Å². The molecule has 0 saturated carbocycles. The Bertz CT molecular complexity index is 920. The number of ether oxygens (including phenoxy) is 1. The van der Waals surface area contributed by atoms with Crippen LogP contribution in [0, 0.1) is 0 Å². The van der Waals surface area contributed by atoms with Crippen LogP contribution in [0.3, 0.4) is 0 Å². The number of nitrogens with one attached hydrogen (secondary N) is 1. The zero-order valence-corrected chi connectivity index (χ0v) is 14.3. The van der Waals surface area contributed by atoms with Gasteiger partial charge in [-0.3, -0.25) is 4.79 Å². The van der Waals surface area contributed by atoms with Gasteiger partial charge in [-0.2, -0.15) is 0 Å². The Kier molecular flexibility index (Phi) is 3.80. The molecule has 6 heteroatoms. The molecular formula is C19H20N4O2. The summed E-state index contributed by atoms with van der Waals surface area (Å²) < 4.78 is 5.27. The molecule has 2 aromatic heterocycles. The van der Waals surface area contributed by atoms with Crippen LogP contribution in [0.25, 0.3) is 11.0 Å². The van der Waals surface area contributed by atoms with Gasteiger partial charge in [-0.1, -0.05) is 6.07 Å². The number of rotatable bonds is 3. The highest BCUT2D eigenvalue weighted by Gasteiger charge is 2.33. The van der Waals surface area contributed by atoms with E-state index in [0.717, 1.165) is 34.8 Å². The molecule has 0 unspecified atom stereocenters. The van der Waals surface area contributed by atoms with Gasteiger partial charge in [0.2, 0.25) is 5.91 Å². The molecule has 0 bridgehead atoms. The summed E-state index contributed by atoms with van der Waals surface area (Å²) in [6.45, 7) is 3.26. The molecule has 0 spiro atoms. The number of amides is 1. The van der Waals surface area contributed by atoms with E-state index in [1.165, 1.54) is 0 Å². The smallest absolute Gasteiger partial charge is 0.249 e. The maximum atomic E-state index is 12.9. The number of anilines is 2. The average molecular weight is 336 g/mol. The number of nitrogens with zero attached hydrogens (tertiary/aromatic N) is 3. The number of carbonyl (C=O) groups is 1. The van der Waals surface area contributed by atoms with E-state index in [1.54, 1.807) is 7.11 Å². The van der Waals surface area contributed by atoms with Crippen molar-refractivity contribution in [2.45, 2.75) is 13.0 Å². The maximum Gasteiger partial charge on any atom is 0.249 e. The molecule has 0 radical (unpaired) electrons. The molecule has 1 N–H and O–H groups in total. The number of hydrogen-bond acceptors (Lipinski definition) is 4. The second-order valence-corrected chi connectivity index (χ2v) is 6.15. The van der Waals surface area contributed by atoms with Crippen LogP contribution in [0.5, 0.6) is 5.75 Å². The van der Waals surface area contributed by atoms with Crippen LogP contribution < -0.4 is 14.5 Å². The minimum Gasteiger partial charge on any atom is -0.497 e. The third-order valence-corrected chi connectivity index (χ3v) is 4.71. The minimum atomic E-state index is -0.278. The van der Waals surface area contributed by atoms with Crippen molar-refractivity contribution in [3.05, 3.63) is 48.7 Å². The van der Waals surface area contributed by atoms with E-state index >= 15 is 0 Å². The lowest BCUT2D eigenvalue weighted by Crippen LogP contribution is -2.56. The van der Waals surface area contributed by atoms with E-state index < -0.39 is 0 Å². The van der Waals surface area contributed by atoms with Crippen molar-refractivity contribution >= 4 is 28.4 Å². The van der Waals surface area contributed by atoms with E-state index in [1.807, 2.05) is 60.5 Å². The largest absolute Gasteiger partial charge is 0.497 e. The third kappa shape index (κ3) is 2.69. The quantitative estimate of drug-likeness (QED) is 0.799. The number of methoxy groups -OCH3 is 1. The molecule has 1 saturated heterocycles. The molecule has 1 aliphatic heterocycles. The molecule has 1 aliphatic rings. The monoisotopic (exact) mass is 336 g/mol. The zero-order valence-electron chi connectivity index (χ0n) is 14.3. The minimum absolute atomic E-state index is 0.0629. The van der Waals surface area contributed by atoms with E-state index in [0.29, 0.717) is 6.54 Å². The summed E-state index contributed by atoms with van der Waals surface area (Å²) in [6, 6.07) is 13.3. The van der Waals surface area contributed by atoms with Crippen LogP contribution >= 0.6 is 0 Å². The summed E-state index contributed by atoms with van der Waals surface area (Å²) in [5.74, 6) is 1.63. The first-order valence-electron chi connectivity index (χ1n) is 8.33. The van der Waals surface area contributed by atoms with Crippen molar-refractivity contribution in [3.8, 4) is 5.75 Å². The summed E-state index contributed by atoms with van der Waals surface area (Å²) in [5, 5.41) is 1.07. The van der Waals surface area contributed by atoms with Crippen molar-refractivity contribution in [1.29, 1.82) is 0 Å². The molecule has 128 valence electrons. The van der Waals surface area contributed by atoms with Gasteiger partial charge in [-0.05, 0) is 37.3 Å². The number of pyridine rings is 1. The van der Waals surface area contributed by atoms with E-state index in [9.17, 15) is 4.79 Å². The van der Waals surface area contributed by atoms with Gasteiger partial charge < -0.3 is 19.5 Å². The van der Waals surface area contributed by atoms with Crippen molar-refractivity contribution in [3.63, 3.8) is 0 Å². The summed E-state index contributed by atoms with van der Waals surface area (Å²) >= 11 is 0. The number of H-pyrrole nitrogens is 1. The van der Waals surface area contributed by atoms with Crippen molar-refractivity contribution in [2.75, 3.05) is 30.0 Å². The first-order valence-corrected chi connectivity index (χ1v) is 8.33. The number of benzene rings is 1. The van der Waals surface area contributed by atoms with Gasteiger partial charge in [0.25, 0.3) is 0 Å². The predicted octanol–water partition coefficient (Wildman–Crippen LogP) is 2.81. The number of aromatic nitrogens is 2. The molecule has 1 aromatic carbocycles. The summed E-state index contributed by atoms with van der Waals surface area (Å²) in [7, 11) is 1.63. The van der Waals surface area contributed by atoms with Gasteiger partial charge in [0.15, 0.2) is 0 Å². The lowest BCUT2D eigenvalue weighted by atomic mass is 10.1. The molecule has 1 fully saturated rings. The standard InChI is InChI=1S/C19H20N4O2/c1-13-19(24)23(15-4-3-5-16(12-15)25-2)11-10-22(13)17-7-6-14-8-9-20-18(14)21-17/h3-9,12-13H,10-11H2,1-2H3,(H,20,21)/t13-/m1/s1. The van der Waals surface area contributed by atoms with Gasteiger partial charge in [0, 0.05) is 36.4 Å². The van der Waals surface area contributed by atoms with Crippen molar-refractivity contribution in [1.82, 2.24) is 9.97 Å². The Balaban J connectivity index is 1.60. The Morgan fingerprint density at radius 1 is 1.20 bits per heavy atom. The topological polar surface area (TPSA) is 61.5 Å². The number of piperazine rings is 1. The van der Waals surface area contributed by atoms with Gasteiger partial charge in [0.05, 0.1) is 7.11 Å². The van der Waals surface area contributed by atoms with Gasteiger partial charge in [0.1, 0.15) is 23.3 Å². The Labute approximate surface area is 146 Å². The maximum absolute atomic E-state index is 12.9. The average Bonchev–Trinajstić information content (AvgIpc) is 3.11. The lowest BCUT2D eigenvalue weighted by Gasteiger charge is -2.39. The zero-order chi connectivity index (χ0) is 17.4. The predicted molar refractivity (Wildman–Crippen MR) is 98.2 cm³/mol. The molecule has 4 rings (SSSR count). The molecule has 1 atom stereocenters. The molecule has 3 aromatic rings. The summed E-state index contributed by atoms with van der Waals surface area (Å²) in [6.07, 6.45) is 1.87. The van der Waals surface area contributed by atoms with Crippen LogP contribution in [0.4, 0.5) is 11.5 Å². The number of hydrogen-bond donors (Lipinski definition) is 1. The Hall–Kier alpha value is -3.02. The summed E-state index contributed by atoms with van der Waals surface area (Å²) in [4.78, 5) is 24.6. The molecule has 0 aliphatic carbocycles. The Morgan fingerprint density at radius 3 is 2.92 bits per heavy atom. The van der Waals surface area contributed by atoms with Gasteiger partial charge in [-0.25, -0.2) is 4.98 Å². The fourth-order valence-corrected chi connectivity index (χ4v) is 3.30. The highest BCUT2D eigenvalue weighted by atomic mass is 16.5. The molecule has 25 heavy (non-hydrogen) atoms. The normalized spacial score (nSPS) is 18.0. The first kappa shape index (κ1) is 15.5. The van der Waals surface area contributed by atoms with Crippen LogP contribution in [0.2, 0.25) is 0 Å². The van der Waals surface area contributed by atoms with E-state index in [2.05, 4.69) is 14.9 Å². The molecular weight excluding hydrogens is 316 g/mol. The molecule has 6 nitrogen and oxygen atoms in total. The lowest BCUT2D eigenvalue weighted by molar-refractivity contribution is -0.120. The second-order valence-electron chi connectivity index (χ2n) is 6.15. The first-order chi connectivity index (χ1) is 12.2. The number of aromatic amines is 1. The number of carbonyl (C=O) groups excluding carboxylic acids is 1. The van der Waals surface area contributed by atoms with Gasteiger partial charge in [-0.15, -0.1) is 0 Å². The van der Waals surface area contributed by atoms with Crippen molar-refractivity contribution in [2.24, 2.45) is 0 Å². The van der Waals surface area contributed by atoms with E-state index in [-0.39, 0.29) is 11.9 Å². The van der Waals surface area contributed by atoms with Crippen LogP contribution in [0.15, 0.2) is 48.7 Å². The SMILES string of the molecule is COc1cccc(N2CCN(c3ccc4cc[nH]c4n3)[C@H](C)C2=O)c1. The van der Waals surface area contributed by atoms with Crippen LogP contribution in [-0.2, 0) is 4.79 Å². The fraction of sp³-hybridized carbons (Fsp3) is 0.263. The highest BCUT2D eigenvalue weighted by Crippen LogP contribution is 2.27. The third-order valence-electron chi connectivity index (χ3n) is 4.71. The van der Waals surface area contributed by atoms with Gasteiger partial charge >= 0.3 is 0 Å². The summed E-state index contributed by atoms with van der Waals surface area (Å²) in [5.41, 5.74) is 1.70. The Morgan fingerprint density at radius 2 is 2.08 bits per heavy atom. The fourth-order valence-electron chi connectivity index (χ4n) is 3.30. The van der Waals surface area contributed by atoms with Crippen LogP contribution in [-0.4, -0.2) is 42.1 Å². The van der Waals surface area contributed by atoms with Crippen LogP contribution in [0.1, 0.15) is 6.92 Å². The second kappa shape index (κ2) is 6.12. The highest BCUT2D eigenvalue weighted by molar-refractivity contribution is 6.00.